The van der Waals surface area contributed by atoms with Gasteiger partial charge in [0.05, 0.1) is 24.8 Å². The summed E-state index contributed by atoms with van der Waals surface area (Å²) in [7, 11) is 0. The molecule has 0 radical (unpaired) electrons. The average molecular weight is 684 g/mol. The van der Waals surface area contributed by atoms with Crippen LogP contribution >= 0.6 is 0 Å². The number of carbonyl (C=O) groups excluding carboxylic acids is 3. The Hall–Kier alpha value is -6.62. The van der Waals surface area contributed by atoms with Crippen molar-refractivity contribution < 1.29 is 38.5 Å². The van der Waals surface area contributed by atoms with Crippen molar-refractivity contribution in [2.24, 2.45) is 0 Å². The lowest BCUT2D eigenvalue weighted by Gasteiger charge is -2.16. The van der Waals surface area contributed by atoms with Crippen molar-refractivity contribution >= 4 is 56.6 Å². The van der Waals surface area contributed by atoms with E-state index in [1.807, 2.05) is 91.4 Å². The van der Waals surface area contributed by atoms with E-state index in [0.29, 0.717) is 19.3 Å². The number of hydrogen-bond acceptors (Lipinski definition) is 7. The van der Waals surface area contributed by atoms with Gasteiger partial charge in [0.15, 0.2) is 11.5 Å². The van der Waals surface area contributed by atoms with E-state index in [1.54, 1.807) is 0 Å². The second kappa shape index (κ2) is 14.5. The Labute approximate surface area is 291 Å². The van der Waals surface area contributed by atoms with Crippen molar-refractivity contribution in [3.8, 4) is 17.2 Å². The first-order chi connectivity index (χ1) is 24.8. The summed E-state index contributed by atoms with van der Waals surface area (Å²) in [6.07, 6.45) is 6.25. The maximum absolute atomic E-state index is 13.3. The largest absolute Gasteiger partial charge is 0.478 e. The third-order valence-corrected chi connectivity index (χ3v) is 8.75. The van der Waals surface area contributed by atoms with Crippen LogP contribution in [0.1, 0.15) is 46.3 Å². The molecule has 256 valence electrons. The van der Waals surface area contributed by atoms with Crippen LogP contribution in [0.15, 0.2) is 104 Å². The smallest absolute Gasteiger partial charge is 0.335 e. The van der Waals surface area contributed by atoms with Crippen LogP contribution < -0.4 is 14.2 Å². The molecule has 4 aromatic carbocycles. The summed E-state index contributed by atoms with van der Waals surface area (Å²) in [6.45, 7) is 0. The number of benzene rings is 4. The standard InChI is InChI=1S/C40H33N3O8/c44-36(16-13-24-21-41-31-10-4-1-7-28(24)31)49-34-19-27(40(47)48)20-35(50-37(45)17-14-25-22-42-32-11-5-2-8-29(25)32)39(34)51-38(46)18-15-26-23-43-33-12-6-3-9-30(26)33/h1-12,19-23,41-43H,13-18H2,(H,47,48). The first-order valence-corrected chi connectivity index (χ1v) is 16.5. The van der Waals surface area contributed by atoms with E-state index in [4.69, 9.17) is 14.2 Å². The Balaban J connectivity index is 1.13. The predicted octanol–water partition coefficient (Wildman–Crippen LogP) is 7.44. The highest BCUT2D eigenvalue weighted by Crippen LogP contribution is 2.40. The van der Waals surface area contributed by atoms with E-state index in [0.717, 1.165) is 61.5 Å². The Morgan fingerprint density at radius 1 is 0.510 bits per heavy atom. The Kier molecular flexibility index (Phi) is 9.34. The lowest BCUT2D eigenvalue weighted by Crippen LogP contribution is -2.16. The van der Waals surface area contributed by atoms with Crippen LogP contribution in [0.25, 0.3) is 32.7 Å². The Bertz CT molecular complexity index is 2300. The van der Waals surface area contributed by atoms with Gasteiger partial charge in [-0.1, -0.05) is 54.6 Å². The molecule has 0 saturated carbocycles. The summed E-state index contributed by atoms with van der Waals surface area (Å²) in [5.74, 6) is -4.51. The van der Waals surface area contributed by atoms with Gasteiger partial charge in [-0.05, 0) is 66.3 Å². The molecular weight excluding hydrogens is 650 g/mol. The van der Waals surface area contributed by atoms with Crippen LogP contribution in [0.3, 0.4) is 0 Å². The number of hydrogen-bond donors (Lipinski definition) is 4. The molecule has 0 spiro atoms. The number of ether oxygens (including phenoxy) is 3. The molecule has 11 heteroatoms. The van der Waals surface area contributed by atoms with Crippen LogP contribution in [0, 0.1) is 0 Å². The van der Waals surface area contributed by atoms with E-state index in [-0.39, 0.29) is 42.1 Å². The highest BCUT2D eigenvalue weighted by Gasteiger charge is 2.25. The monoisotopic (exact) mass is 683 g/mol. The maximum atomic E-state index is 13.3. The molecule has 3 aromatic heterocycles. The summed E-state index contributed by atoms with van der Waals surface area (Å²) in [4.78, 5) is 61.4. The number of nitrogens with one attached hydrogen (secondary N) is 3. The van der Waals surface area contributed by atoms with Crippen molar-refractivity contribution in [1.29, 1.82) is 0 Å². The lowest BCUT2D eigenvalue weighted by molar-refractivity contribution is -0.138. The van der Waals surface area contributed by atoms with Gasteiger partial charge in [-0.3, -0.25) is 14.4 Å². The minimum absolute atomic E-state index is 0.0627. The fourth-order valence-corrected chi connectivity index (χ4v) is 6.19. The molecular formula is C40H33N3O8. The van der Waals surface area contributed by atoms with Crippen molar-refractivity contribution in [3.05, 3.63) is 126 Å². The average Bonchev–Trinajstić information content (AvgIpc) is 3.87. The summed E-state index contributed by atoms with van der Waals surface area (Å²) in [5.41, 5.74) is 5.14. The number of aromatic carboxylic acids is 1. The van der Waals surface area contributed by atoms with Crippen LogP contribution in [0.5, 0.6) is 17.2 Å². The summed E-state index contributed by atoms with van der Waals surface area (Å²) in [6, 6.07) is 25.2. The van der Waals surface area contributed by atoms with Gasteiger partial charge >= 0.3 is 23.9 Å². The van der Waals surface area contributed by atoms with Gasteiger partial charge in [0.2, 0.25) is 5.75 Å². The number of fused-ring (bicyclic) bond motifs is 3. The third-order valence-electron chi connectivity index (χ3n) is 8.75. The van der Waals surface area contributed by atoms with E-state index in [1.165, 1.54) is 0 Å². The van der Waals surface area contributed by atoms with E-state index in [2.05, 4.69) is 15.0 Å². The molecule has 3 heterocycles. The third kappa shape index (κ3) is 7.37. The number of carboxylic acid groups (broad SMARTS) is 1. The molecule has 4 N–H and O–H groups in total. The number of para-hydroxylation sites is 3. The van der Waals surface area contributed by atoms with E-state index >= 15 is 0 Å². The molecule has 0 amide bonds. The Morgan fingerprint density at radius 2 is 0.863 bits per heavy atom. The van der Waals surface area contributed by atoms with Gasteiger partial charge < -0.3 is 34.3 Å². The maximum Gasteiger partial charge on any atom is 0.335 e. The van der Waals surface area contributed by atoms with Gasteiger partial charge in [-0.25, -0.2) is 4.79 Å². The minimum Gasteiger partial charge on any atom is -0.478 e. The zero-order chi connectivity index (χ0) is 35.3. The number of carboxylic acids is 1. The summed E-state index contributed by atoms with van der Waals surface area (Å²) in [5, 5.41) is 12.8. The molecule has 7 rings (SSSR count). The highest BCUT2D eigenvalue weighted by atomic mass is 16.6. The molecule has 11 nitrogen and oxygen atoms in total. The van der Waals surface area contributed by atoms with Crippen molar-refractivity contribution in [2.75, 3.05) is 0 Å². The van der Waals surface area contributed by atoms with Crippen molar-refractivity contribution in [1.82, 2.24) is 15.0 Å². The number of carbonyl (C=O) groups is 4. The fourth-order valence-electron chi connectivity index (χ4n) is 6.19. The molecule has 0 unspecified atom stereocenters. The van der Waals surface area contributed by atoms with Crippen molar-refractivity contribution in [3.63, 3.8) is 0 Å². The molecule has 0 atom stereocenters. The molecule has 0 fully saturated rings. The van der Waals surface area contributed by atoms with Crippen LogP contribution in [-0.4, -0.2) is 43.9 Å². The number of H-pyrrole nitrogens is 3. The van der Waals surface area contributed by atoms with Crippen LogP contribution in [0.2, 0.25) is 0 Å². The zero-order valence-corrected chi connectivity index (χ0v) is 27.4. The first kappa shape index (κ1) is 32.9. The first-order valence-electron chi connectivity index (χ1n) is 16.5. The molecule has 0 bridgehead atoms. The van der Waals surface area contributed by atoms with Gasteiger partial charge in [-0.2, -0.15) is 0 Å². The SMILES string of the molecule is O=C(CCc1c[nH]c2ccccc12)Oc1cc(C(=O)O)cc(OC(=O)CCc2c[nH]c3ccccc23)c1OC(=O)CCc1c[nH]c2ccccc12. The number of aryl methyl sites for hydroxylation is 3. The number of aromatic nitrogens is 3. The van der Waals surface area contributed by atoms with Crippen LogP contribution in [-0.2, 0) is 33.6 Å². The number of esters is 3. The van der Waals surface area contributed by atoms with Gasteiger partial charge in [0, 0.05) is 51.3 Å². The van der Waals surface area contributed by atoms with Crippen molar-refractivity contribution in [2.45, 2.75) is 38.5 Å². The quantitative estimate of drug-likeness (QED) is 0.0720. The van der Waals surface area contributed by atoms with E-state index < -0.39 is 23.9 Å². The van der Waals surface area contributed by atoms with Gasteiger partial charge in [-0.15, -0.1) is 0 Å². The Morgan fingerprint density at radius 3 is 1.24 bits per heavy atom. The van der Waals surface area contributed by atoms with Gasteiger partial charge in [0.1, 0.15) is 0 Å². The number of aromatic amines is 3. The minimum atomic E-state index is -1.36. The predicted molar refractivity (Wildman–Crippen MR) is 190 cm³/mol. The molecule has 51 heavy (non-hydrogen) atoms. The second-order valence-corrected chi connectivity index (χ2v) is 12.1. The molecule has 7 aromatic rings. The second-order valence-electron chi connectivity index (χ2n) is 12.1. The normalized spacial score (nSPS) is 11.2. The zero-order valence-electron chi connectivity index (χ0n) is 27.4. The highest BCUT2D eigenvalue weighted by molar-refractivity contribution is 5.92. The van der Waals surface area contributed by atoms with E-state index in [9.17, 15) is 24.3 Å². The summed E-state index contributed by atoms with van der Waals surface area (Å²) < 4.78 is 17.0. The van der Waals surface area contributed by atoms with Crippen LogP contribution in [0.4, 0.5) is 0 Å². The summed E-state index contributed by atoms with van der Waals surface area (Å²) >= 11 is 0. The van der Waals surface area contributed by atoms with Gasteiger partial charge in [0.25, 0.3) is 0 Å². The number of rotatable bonds is 13. The fraction of sp³-hybridized carbons (Fsp3) is 0.150. The molecule has 0 aliphatic rings. The molecule has 0 aliphatic carbocycles. The lowest BCUT2D eigenvalue weighted by atomic mass is 10.1. The topological polar surface area (TPSA) is 164 Å². The molecule has 0 saturated heterocycles. The molecule has 0 aliphatic heterocycles.